The molecule has 0 amide bonds. The molecule has 2 nitrogen and oxygen atoms in total. The van der Waals surface area contributed by atoms with Gasteiger partial charge in [-0.2, -0.15) is 0 Å². The van der Waals surface area contributed by atoms with Crippen LogP contribution in [0.1, 0.15) is 18.1 Å². The van der Waals surface area contributed by atoms with Gasteiger partial charge in [0.2, 0.25) is 0 Å². The van der Waals surface area contributed by atoms with Crippen molar-refractivity contribution in [2.24, 2.45) is 4.99 Å². The molecule has 0 spiro atoms. The van der Waals surface area contributed by atoms with Crippen LogP contribution in [0.15, 0.2) is 23.5 Å². The Morgan fingerprint density at radius 1 is 1.50 bits per heavy atom. The number of nitrogens with zero attached hydrogens (tertiary/aromatic N) is 2. The van der Waals surface area contributed by atoms with Gasteiger partial charge in [0.15, 0.2) is 0 Å². The highest BCUT2D eigenvalue weighted by Gasteiger charge is 2.09. The maximum atomic E-state index is 4.28. The highest BCUT2D eigenvalue weighted by Crippen LogP contribution is 2.15. The van der Waals surface area contributed by atoms with Crippen LogP contribution in [0.25, 0.3) is 0 Å². The van der Waals surface area contributed by atoms with E-state index in [2.05, 4.69) is 9.98 Å². The highest BCUT2D eigenvalue weighted by atomic mass is 14.8. The first-order chi connectivity index (χ1) is 4.88. The summed E-state index contributed by atoms with van der Waals surface area (Å²) >= 11 is 0. The van der Waals surface area contributed by atoms with E-state index in [0.29, 0.717) is 0 Å². The lowest BCUT2D eigenvalue weighted by Gasteiger charge is -1.94. The molecule has 1 aromatic rings. The van der Waals surface area contributed by atoms with Crippen molar-refractivity contribution in [2.75, 3.05) is 0 Å². The number of hydrogen-bond acceptors (Lipinski definition) is 2. The van der Waals surface area contributed by atoms with Crippen LogP contribution in [0.2, 0.25) is 0 Å². The van der Waals surface area contributed by atoms with Crippen molar-refractivity contribution in [2.45, 2.75) is 13.5 Å². The van der Waals surface area contributed by atoms with E-state index in [-0.39, 0.29) is 0 Å². The van der Waals surface area contributed by atoms with Crippen molar-refractivity contribution >= 4 is 5.71 Å². The van der Waals surface area contributed by atoms with Crippen LogP contribution >= 0.6 is 0 Å². The van der Waals surface area contributed by atoms with E-state index < -0.39 is 0 Å². The molecule has 2 heteroatoms. The molecule has 10 heavy (non-hydrogen) atoms. The quantitative estimate of drug-likeness (QED) is 0.524. The Bertz CT molecular complexity index is 289. The monoisotopic (exact) mass is 132 g/mol. The van der Waals surface area contributed by atoms with Crippen LogP contribution in [0.5, 0.6) is 0 Å². The molecule has 0 N–H and O–H groups in total. The summed E-state index contributed by atoms with van der Waals surface area (Å²) in [7, 11) is 0. The first-order valence-electron chi connectivity index (χ1n) is 3.32. The molecule has 0 atom stereocenters. The van der Waals surface area contributed by atoms with E-state index in [1.165, 1.54) is 11.1 Å². The summed E-state index contributed by atoms with van der Waals surface area (Å²) in [5, 5.41) is 0. The van der Waals surface area contributed by atoms with Crippen LogP contribution in [0, 0.1) is 0 Å². The number of rotatable bonds is 0. The van der Waals surface area contributed by atoms with Crippen LogP contribution in [0.3, 0.4) is 0 Å². The Balaban J connectivity index is 2.61. The number of fused-ring (bicyclic) bond motifs is 1. The van der Waals surface area contributed by atoms with Gasteiger partial charge in [0.25, 0.3) is 0 Å². The predicted molar refractivity (Wildman–Crippen MR) is 40.2 cm³/mol. The molecule has 0 unspecified atom stereocenters. The Morgan fingerprint density at radius 2 is 2.40 bits per heavy atom. The van der Waals surface area contributed by atoms with Gasteiger partial charge in [-0.25, -0.2) is 0 Å². The standard InChI is InChI=1S/C8H8N2/c1-6-8-5-9-3-2-7(8)4-10-6/h2-3,5H,4H2,1H3. The predicted octanol–water partition coefficient (Wildman–Crippen LogP) is 1.40. The van der Waals surface area contributed by atoms with Crippen molar-refractivity contribution < 1.29 is 0 Å². The zero-order valence-electron chi connectivity index (χ0n) is 5.83. The molecule has 0 radical (unpaired) electrons. The van der Waals surface area contributed by atoms with E-state index in [1.54, 1.807) is 0 Å². The second-order valence-electron chi connectivity index (χ2n) is 2.43. The van der Waals surface area contributed by atoms with E-state index in [4.69, 9.17) is 0 Å². The summed E-state index contributed by atoms with van der Waals surface area (Å²) in [4.78, 5) is 8.31. The van der Waals surface area contributed by atoms with Crippen LogP contribution in [-0.2, 0) is 6.54 Å². The summed E-state index contributed by atoms with van der Waals surface area (Å²) in [5.74, 6) is 0. The summed E-state index contributed by atoms with van der Waals surface area (Å²) in [5.41, 5.74) is 3.62. The summed E-state index contributed by atoms with van der Waals surface area (Å²) in [6, 6.07) is 2.02. The smallest absolute Gasteiger partial charge is 0.0650 e. The second kappa shape index (κ2) is 1.90. The van der Waals surface area contributed by atoms with E-state index >= 15 is 0 Å². The normalized spacial score (nSPS) is 14.7. The zero-order valence-corrected chi connectivity index (χ0v) is 5.83. The molecule has 0 bridgehead atoms. The highest BCUT2D eigenvalue weighted by molar-refractivity contribution is 6.01. The molecule has 50 valence electrons. The van der Waals surface area contributed by atoms with Crippen molar-refractivity contribution in [1.29, 1.82) is 0 Å². The topological polar surface area (TPSA) is 25.2 Å². The third-order valence-electron chi connectivity index (χ3n) is 1.79. The zero-order chi connectivity index (χ0) is 6.97. The maximum Gasteiger partial charge on any atom is 0.0650 e. The average Bonchev–Trinajstić information content (AvgIpc) is 2.34. The minimum Gasteiger partial charge on any atom is -0.285 e. The molecule has 1 aromatic heterocycles. The van der Waals surface area contributed by atoms with Gasteiger partial charge >= 0.3 is 0 Å². The second-order valence-corrected chi connectivity index (χ2v) is 2.43. The van der Waals surface area contributed by atoms with Crippen molar-refractivity contribution in [1.82, 2.24) is 4.98 Å². The lowest BCUT2D eigenvalue weighted by atomic mass is 10.1. The van der Waals surface area contributed by atoms with E-state index in [0.717, 1.165) is 12.3 Å². The summed E-state index contributed by atoms with van der Waals surface area (Å²) in [6.07, 6.45) is 3.69. The van der Waals surface area contributed by atoms with Gasteiger partial charge in [0.05, 0.1) is 6.54 Å². The average molecular weight is 132 g/mol. The first kappa shape index (κ1) is 5.59. The fourth-order valence-corrected chi connectivity index (χ4v) is 1.18. The minimum atomic E-state index is 0.837. The SMILES string of the molecule is CC1=NCc2ccncc21. The van der Waals surface area contributed by atoms with Crippen molar-refractivity contribution in [3.63, 3.8) is 0 Å². The molecule has 2 rings (SSSR count). The van der Waals surface area contributed by atoms with Gasteiger partial charge < -0.3 is 0 Å². The number of aromatic nitrogens is 1. The third-order valence-corrected chi connectivity index (χ3v) is 1.79. The maximum absolute atomic E-state index is 4.28. The first-order valence-corrected chi connectivity index (χ1v) is 3.32. The van der Waals surface area contributed by atoms with E-state index in [9.17, 15) is 0 Å². The molecule has 1 aliphatic heterocycles. The molecule has 0 fully saturated rings. The molecular formula is C8H8N2. The van der Waals surface area contributed by atoms with Crippen LogP contribution in [0.4, 0.5) is 0 Å². The van der Waals surface area contributed by atoms with Crippen LogP contribution < -0.4 is 0 Å². The fourth-order valence-electron chi connectivity index (χ4n) is 1.18. The largest absolute Gasteiger partial charge is 0.285 e. The van der Waals surface area contributed by atoms with Gasteiger partial charge in [-0.15, -0.1) is 0 Å². The number of hydrogen-bond donors (Lipinski definition) is 0. The van der Waals surface area contributed by atoms with E-state index in [1.807, 2.05) is 25.4 Å². The molecule has 0 saturated heterocycles. The fraction of sp³-hybridized carbons (Fsp3) is 0.250. The summed E-state index contributed by atoms with van der Waals surface area (Å²) < 4.78 is 0. The Labute approximate surface area is 59.6 Å². The third kappa shape index (κ3) is 0.652. The minimum absolute atomic E-state index is 0.837. The number of aliphatic imine (C=N–C) groups is 1. The van der Waals surface area contributed by atoms with Gasteiger partial charge in [-0.05, 0) is 18.6 Å². The van der Waals surface area contributed by atoms with Crippen molar-refractivity contribution in [3.05, 3.63) is 29.6 Å². The molecule has 0 aromatic carbocycles. The lowest BCUT2D eigenvalue weighted by molar-refractivity contribution is 1.10. The van der Waals surface area contributed by atoms with Gasteiger partial charge in [-0.1, -0.05) is 0 Å². The van der Waals surface area contributed by atoms with Crippen molar-refractivity contribution in [3.8, 4) is 0 Å². The Kier molecular flexibility index (Phi) is 1.07. The van der Waals surface area contributed by atoms with Gasteiger partial charge in [-0.3, -0.25) is 9.98 Å². The Morgan fingerprint density at radius 3 is 3.20 bits per heavy atom. The Hall–Kier alpha value is -1.18. The molecular weight excluding hydrogens is 124 g/mol. The lowest BCUT2D eigenvalue weighted by Crippen LogP contribution is -1.91. The summed E-state index contributed by atoms with van der Waals surface area (Å²) in [6.45, 7) is 2.86. The number of pyridine rings is 1. The van der Waals surface area contributed by atoms with Crippen LogP contribution in [-0.4, -0.2) is 10.7 Å². The van der Waals surface area contributed by atoms with Gasteiger partial charge in [0.1, 0.15) is 0 Å². The molecule has 1 aliphatic rings. The molecule has 2 heterocycles. The molecule has 0 saturated carbocycles. The molecule has 0 aliphatic carbocycles. The van der Waals surface area contributed by atoms with Gasteiger partial charge in [0, 0.05) is 23.7 Å².